The topological polar surface area (TPSA) is 41.1 Å². The van der Waals surface area contributed by atoms with Crippen molar-refractivity contribution in [2.45, 2.75) is 19.8 Å². The Morgan fingerprint density at radius 3 is 2.90 bits per heavy atom. The molecule has 1 amide bonds. The highest BCUT2D eigenvalue weighted by Gasteiger charge is 2.12. The fourth-order valence-corrected chi connectivity index (χ4v) is 2.58. The lowest BCUT2D eigenvalue weighted by Gasteiger charge is -2.19. The summed E-state index contributed by atoms with van der Waals surface area (Å²) in [6.45, 7) is 2.98. The van der Waals surface area contributed by atoms with Crippen LogP contribution >= 0.6 is 0 Å². The molecule has 102 valence electrons. The normalized spacial score (nSPS) is 13.2. The number of nitrogens with one attached hydrogen (secondary N) is 2. The van der Waals surface area contributed by atoms with Gasteiger partial charge in [0, 0.05) is 23.5 Å². The van der Waals surface area contributed by atoms with Crippen molar-refractivity contribution in [1.82, 2.24) is 0 Å². The van der Waals surface area contributed by atoms with Gasteiger partial charge in [0.2, 0.25) is 0 Å². The van der Waals surface area contributed by atoms with Gasteiger partial charge in [-0.2, -0.15) is 0 Å². The molecule has 0 aliphatic carbocycles. The Balaban J connectivity index is 1.81. The predicted octanol–water partition coefficient (Wildman–Crippen LogP) is 3.61. The molecule has 1 aliphatic heterocycles. The van der Waals surface area contributed by atoms with E-state index in [1.54, 1.807) is 0 Å². The average molecular weight is 266 g/mol. The monoisotopic (exact) mass is 266 g/mol. The zero-order valence-electron chi connectivity index (χ0n) is 11.6. The molecule has 0 unspecified atom stereocenters. The van der Waals surface area contributed by atoms with Gasteiger partial charge in [-0.3, -0.25) is 4.79 Å². The molecule has 3 nitrogen and oxygen atoms in total. The molecule has 2 N–H and O–H groups in total. The van der Waals surface area contributed by atoms with Crippen molar-refractivity contribution >= 4 is 17.3 Å². The molecule has 2 aromatic carbocycles. The number of benzene rings is 2. The maximum atomic E-state index is 12.3. The van der Waals surface area contributed by atoms with E-state index >= 15 is 0 Å². The Morgan fingerprint density at radius 2 is 2.05 bits per heavy atom. The summed E-state index contributed by atoms with van der Waals surface area (Å²) in [5.41, 5.74) is 5.04. The average Bonchev–Trinajstić information content (AvgIpc) is 2.47. The number of rotatable bonds is 2. The minimum Gasteiger partial charge on any atom is -0.385 e. The van der Waals surface area contributed by atoms with E-state index in [-0.39, 0.29) is 5.91 Å². The van der Waals surface area contributed by atoms with E-state index in [4.69, 9.17) is 0 Å². The van der Waals surface area contributed by atoms with Crippen molar-refractivity contribution in [2.75, 3.05) is 17.2 Å². The van der Waals surface area contributed by atoms with E-state index in [0.29, 0.717) is 0 Å². The first kappa shape index (κ1) is 12.7. The van der Waals surface area contributed by atoms with Gasteiger partial charge in [0.15, 0.2) is 0 Å². The number of hydrogen-bond acceptors (Lipinski definition) is 2. The van der Waals surface area contributed by atoms with E-state index < -0.39 is 0 Å². The molecular formula is C17H18N2O. The van der Waals surface area contributed by atoms with Crippen LogP contribution in [-0.2, 0) is 6.42 Å². The van der Waals surface area contributed by atoms with E-state index in [1.807, 2.05) is 43.3 Å². The zero-order chi connectivity index (χ0) is 13.9. The third-order valence-corrected chi connectivity index (χ3v) is 3.69. The van der Waals surface area contributed by atoms with Gasteiger partial charge < -0.3 is 10.6 Å². The second kappa shape index (κ2) is 5.37. The second-order valence-electron chi connectivity index (χ2n) is 5.17. The predicted molar refractivity (Wildman–Crippen MR) is 82.4 cm³/mol. The van der Waals surface area contributed by atoms with Gasteiger partial charge >= 0.3 is 0 Å². The minimum absolute atomic E-state index is 0.0492. The smallest absolute Gasteiger partial charge is 0.255 e. The van der Waals surface area contributed by atoms with Gasteiger partial charge in [-0.15, -0.1) is 0 Å². The van der Waals surface area contributed by atoms with Crippen LogP contribution in [-0.4, -0.2) is 12.5 Å². The van der Waals surface area contributed by atoms with Crippen molar-refractivity contribution in [2.24, 2.45) is 0 Å². The lowest BCUT2D eigenvalue weighted by atomic mass is 10.0. The molecule has 0 aromatic heterocycles. The Bertz CT molecular complexity index is 649. The SMILES string of the molecule is Cc1ccccc1C(=O)Nc1ccc2c(c1)CCCN2. The highest BCUT2D eigenvalue weighted by molar-refractivity contribution is 6.05. The Hall–Kier alpha value is -2.29. The van der Waals surface area contributed by atoms with Gasteiger partial charge in [0.25, 0.3) is 5.91 Å². The molecule has 0 fully saturated rings. The van der Waals surface area contributed by atoms with Crippen LogP contribution in [0.25, 0.3) is 0 Å². The van der Waals surface area contributed by atoms with Gasteiger partial charge in [0.05, 0.1) is 0 Å². The minimum atomic E-state index is -0.0492. The molecule has 0 spiro atoms. The first-order chi connectivity index (χ1) is 9.74. The van der Waals surface area contributed by atoms with Gasteiger partial charge in [-0.1, -0.05) is 18.2 Å². The van der Waals surface area contributed by atoms with Crippen molar-refractivity contribution in [1.29, 1.82) is 0 Å². The lowest BCUT2D eigenvalue weighted by Crippen LogP contribution is -2.15. The van der Waals surface area contributed by atoms with Crippen LogP contribution in [0.3, 0.4) is 0 Å². The summed E-state index contributed by atoms with van der Waals surface area (Å²) in [6, 6.07) is 13.7. The van der Waals surface area contributed by atoms with E-state index in [0.717, 1.165) is 36.2 Å². The van der Waals surface area contributed by atoms with Crippen LogP contribution in [0.1, 0.15) is 27.9 Å². The fraction of sp³-hybridized carbons (Fsp3) is 0.235. The maximum absolute atomic E-state index is 12.3. The number of carbonyl (C=O) groups excluding carboxylic acids is 1. The highest BCUT2D eigenvalue weighted by Crippen LogP contribution is 2.25. The van der Waals surface area contributed by atoms with Crippen LogP contribution in [0, 0.1) is 6.92 Å². The van der Waals surface area contributed by atoms with E-state index in [2.05, 4.69) is 16.7 Å². The number of aryl methyl sites for hydroxylation is 2. The van der Waals surface area contributed by atoms with Crippen molar-refractivity contribution in [3.05, 3.63) is 59.2 Å². The van der Waals surface area contributed by atoms with E-state index in [9.17, 15) is 4.79 Å². The maximum Gasteiger partial charge on any atom is 0.255 e. The summed E-state index contributed by atoms with van der Waals surface area (Å²) in [5, 5.41) is 6.35. The summed E-state index contributed by atoms with van der Waals surface area (Å²) < 4.78 is 0. The van der Waals surface area contributed by atoms with Crippen LogP contribution < -0.4 is 10.6 Å². The summed E-state index contributed by atoms with van der Waals surface area (Å²) in [7, 11) is 0. The molecule has 0 radical (unpaired) electrons. The fourth-order valence-electron chi connectivity index (χ4n) is 2.58. The lowest BCUT2D eigenvalue weighted by molar-refractivity contribution is 0.102. The van der Waals surface area contributed by atoms with Gasteiger partial charge in [-0.05, 0) is 55.2 Å². The summed E-state index contributed by atoms with van der Waals surface area (Å²) >= 11 is 0. The largest absolute Gasteiger partial charge is 0.385 e. The third-order valence-electron chi connectivity index (χ3n) is 3.69. The molecule has 1 heterocycles. The van der Waals surface area contributed by atoms with Crippen LogP contribution in [0.4, 0.5) is 11.4 Å². The first-order valence-corrected chi connectivity index (χ1v) is 6.98. The molecule has 0 saturated carbocycles. The summed E-state index contributed by atoms with van der Waals surface area (Å²) in [5.74, 6) is -0.0492. The Kier molecular flexibility index (Phi) is 3.42. The third kappa shape index (κ3) is 2.52. The molecule has 0 atom stereocenters. The van der Waals surface area contributed by atoms with Gasteiger partial charge in [0.1, 0.15) is 0 Å². The molecule has 2 aromatic rings. The van der Waals surface area contributed by atoms with Gasteiger partial charge in [-0.25, -0.2) is 0 Å². The second-order valence-corrected chi connectivity index (χ2v) is 5.17. The molecule has 0 saturated heterocycles. The quantitative estimate of drug-likeness (QED) is 0.872. The summed E-state index contributed by atoms with van der Waals surface area (Å²) in [6.07, 6.45) is 2.21. The van der Waals surface area contributed by atoms with Crippen molar-refractivity contribution in [3.8, 4) is 0 Å². The Labute approximate surface area is 119 Å². The van der Waals surface area contributed by atoms with Crippen molar-refractivity contribution in [3.63, 3.8) is 0 Å². The molecule has 3 rings (SSSR count). The first-order valence-electron chi connectivity index (χ1n) is 6.98. The summed E-state index contributed by atoms with van der Waals surface area (Å²) in [4.78, 5) is 12.3. The standard InChI is InChI=1S/C17H18N2O/c1-12-5-2-3-7-15(12)17(20)19-14-8-9-16-13(11-14)6-4-10-18-16/h2-3,5,7-9,11,18H,4,6,10H2,1H3,(H,19,20). The molecule has 20 heavy (non-hydrogen) atoms. The van der Waals surface area contributed by atoms with Crippen LogP contribution in [0.15, 0.2) is 42.5 Å². The number of anilines is 2. The molecule has 3 heteroatoms. The Morgan fingerprint density at radius 1 is 1.20 bits per heavy atom. The number of fused-ring (bicyclic) bond motifs is 1. The van der Waals surface area contributed by atoms with E-state index in [1.165, 1.54) is 11.3 Å². The number of hydrogen-bond donors (Lipinski definition) is 2. The molecule has 1 aliphatic rings. The van der Waals surface area contributed by atoms with Crippen LogP contribution in [0.2, 0.25) is 0 Å². The zero-order valence-corrected chi connectivity index (χ0v) is 11.6. The molecular weight excluding hydrogens is 248 g/mol. The van der Waals surface area contributed by atoms with Crippen LogP contribution in [0.5, 0.6) is 0 Å². The number of amides is 1. The highest BCUT2D eigenvalue weighted by atomic mass is 16.1. The number of carbonyl (C=O) groups is 1. The molecule has 0 bridgehead atoms. The van der Waals surface area contributed by atoms with Crippen molar-refractivity contribution < 1.29 is 4.79 Å².